The van der Waals surface area contributed by atoms with Gasteiger partial charge in [-0.3, -0.25) is 10.1 Å². The van der Waals surface area contributed by atoms with E-state index in [4.69, 9.17) is 0 Å². The number of benzene rings is 1. The lowest BCUT2D eigenvalue weighted by Gasteiger charge is -1.89. The molecule has 0 bridgehead atoms. The van der Waals surface area contributed by atoms with Crippen LogP contribution in [0.4, 0.5) is 5.69 Å². The number of nitro groups is 1. The molecule has 1 aromatic carbocycles. The minimum absolute atomic E-state index is 0.0230. The predicted octanol–water partition coefficient (Wildman–Crippen LogP) is -0.0669. The Hall–Kier alpha value is -2.44. The molecule has 0 aliphatic heterocycles. The minimum atomic E-state index is -0.576. The monoisotopic (exact) mass is 207 g/mol. The Labute approximate surface area is 83.3 Å². The second kappa shape index (κ2) is 3.37. The highest BCUT2D eigenvalue weighted by Gasteiger charge is 2.11. The average molecular weight is 207 g/mol. The van der Waals surface area contributed by atoms with Crippen LogP contribution in [0.3, 0.4) is 0 Å². The lowest BCUT2D eigenvalue weighted by molar-refractivity contribution is -0.670. The summed E-state index contributed by atoms with van der Waals surface area (Å²) in [5.41, 5.74) is 0.497. The molecular formula is C8H5N3O4. The van der Waals surface area contributed by atoms with Gasteiger partial charge in [-0.05, 0) is 4.68 Å². The third kappa shape index (κ3) is 1.75. The van der Waals surface area contributed by atoms with Gasteiger partial charge in [0.15, 0.2) is 0 Å². The zero-order valence-electron chi connectivity index (χ0n) is 7.36. The van der Waals surface area contributed by atoms with Crippen LogP contribution in [0, 0.1) is 10.1 Å². The van der Waals surface area contributed by atoms with E-state index in [9.17, 15) is 15.2 Å². The molecule has 15 heavy (non-hydrogen) atoms. The number of hydrogen-bond donors (Lipinski definition) is 0. The molecule has 1 heterocycles. The Morgan fingerprint density at radius 3 is 2.47 bits per heavy atom. The van der Waals surface area contributed by atoms with E-state index in [1.54, 1.807) is 0 Å². The highest BCUT2D eigenvalue weighted by atomic mass is 16.6. The lowest BCUT2D eigenvalue weighted by Crippen LogP contribution is -2.31. The molecule has 0 saturated heterocycles. The van der Waals surface area contributed by atoms with Gasteiger partial charge in [-0.1, -0.05) is 0 Å². The molecular weight excluding hydrogens is 202 g/mol. The van der Waals surface area contributed by atoms with Crippen LogP contribution in [0.15, 0.2) is 35.0 Å². The first-order valence-electron chi connectivity index (χ1n) is 3.97. The maximum absolute atomic E-state index is 10.7. The van der Waals surface area contributed by atoms with Crippen molar-refractivity contribution in [1.82, 2.24) is 5.27 Å². The number of nitro benzene ring substituents is 1. The summed E-state index contributed by atoms with van der Waals surface area (Å²) in [5, 5.41) is 24.5. The Morgan fingerprint density at radius 1 is 1.33 bits per heavy atom. The van der Waals surface area contributed by atoms with Gasteiger partial charge in [0.1, 0.15) is 5.95 Å². The zero-order valence-corrected chi connectivity index (χ0v) is 7.36. The van der Waals surface area contributed by atoms with Crippen LogP contribution >= 0.6 is 0 Å². The standard InChI is InChI=1S/C8H5N3O4/c12-8-5-10(9-15-8)6-1-3-7(4-2-6)11(13)14/h1-5H. The topological polar surface area (TPSA) is 96.1 Å². The van der Waals surface area contributed by atoms with Crippen molar-refractivity contribution >= 4 is 5.69 Å². The summed E-state index contributed by atoms with van der Waals surface area (Å²) in [5.74, 6) is -0.576. The van der Waals surface area contributed by atoms with Crippen molar-refractivity contribution in [2.75, 3.05) is 0 Å². The molecule has 0 atom stereocenters. The predicted molar refractivity (Wildman–Crippen MR) is 44.1 cm³/mol. The van der Waals surface area contributed by atoms with Gasteiger partial charge in [0.2, 0.25) is 11.9 Å². The van der Waals surface area contributed by atoms with Gasteiger partial charge in [0, 0.05) is 24.3 Å². The van der Waals surface area contributed by atoms with Gasteiger partial charge in [0.25, 0.3) is 5.69 Å². The maximum Gasteiger partial charge on any atom is 0.269 e. The minimum Gasteiger partial charge on any atom is -0.539 e. The van der Waals surface area contributed by atoms with E-state index in [1.807, 2.05) is 0 Å². The first-order valence-corrected chi connectivity index (χ1v) is 3.97. The summed E-state index contributed by atoms with van der Waals surface area (Å²) in [4.78, 5) is 9.86. The molecule has 2 rings (SSSR count). The van der Waals surface area contributed by atoms with E-state index in [2.05, 4.69) is 9.79 Å². The van der Waals surface area contributed by atoms with Crippen molar-refractivity contribution in [3.05, 3.63) is 40.6 Å². The molecule has 0 N–H and O–H groups in total. The highest BCUT2D eigenvalue weighted by Crippen LogP contribution is 2.11. The van der Waals surface area contributed by atoms with E-state index >= 15 is 0 Å². The molecule has 7 heteroatoms. The second-order valence-electron chi connectivity index (χ2n) is 2.74. The molecule has 0 saturated carbocycles. The zero-order chi connectivity index (χ0) is 10.8. The summed E-state index contributed by atoms with van der Waals surface area (Å²) >= 11 is 0. The van der Waals surface area contributed by atoms with Crippen molar-refractivity contribution in [3.63, 3.8) is 0 Å². The molecule has 0 spiro atoms. The fourth-order valence-corrected chi connectivity index (χ4v) is 1.08. The summed E-state index contributed by atoms with van der Waals surface area (Å²) in [6.07, 6.45) is 1.14. The third-order valence-corrected chi connectivity index (χ3v) is 1.77. The van der Waals surface area contributed by atoms with Crippen molar-refractivity contribution in [1.29, 1.82) is 0 Å². The third-order valence-electron chi connectivity index (χ3n) is 1.77. The molecule has 0 aliphatic carbocycles. The van der Waals surface area contributed by atoms with Gasteiger partial charge in [-0.2, -0.15) is 0 Å². The molecule has 7 nitrogen and oxygen atoms in total. The maximum atomic E-state index is 10.7. The smallest absolute Gasteiger partial charge is 0.269 e. The van der Waals surface area contributed by atoms with Crippen LogP contribution in [0.25, 0.3) is 5.69 Å². The van der Waals surface area contributed by atoms with E-state index in [0.29, 0.717) is 5.69 Å². The quantitative estimate of drug-likeness (QED) is 0.390. The SMILES string of the molecule is O=[N+]([O-])c1ccc(-[n+]2cc([O-])on2)cc1. The van der Waals surface area contributed by atoms with Gasteiger partial charge < -0.3 is 9.63 Å². The van der Waals surface area contributed by atoms with Crippen LogP contribution in [-0.4, -0.2) is 10.2 Å². The van der Waals surface area contributed by atoms with Crippen molar-refractivity contribution in [2.45, 2.75) is 0 Å². The van der Waals surface area contributed by atoms with Gasteiger partial charge in [-0.15, -0.1) is 0 Å². The first-order chi connectivity index (χ1) is 7.16. The van der Waals surface area contributed by atoms with Crippen LogP contribution < -0.4 is 9.79 Å². The summed E-state index contributed by atoms with van der Waals surface area (Å²) in [6, 6.07) is 5.59. The van der Waals surface area contributed by atoms with Crippen molar-refractivity contribution < 1.29 is 19.2 Å². The van der Waals surface area contributed by atoms with Crippen LogP contribution in [0.1, 0.15) is 0 Å². The normalized spacial score (nSPS) is 10.1. The van der Waals surface area contributed by atoms with E-state index < -0.39 is 10.9 Å². The van der Waals surface area contributed by atoms with Gasteiger partial charge in [-0.25, -0.2) is 0 Å². The molecule has 76 valence electrons. The fraction of sp³-hybridized carbons (Fsp3) is 0. The molecule has 0 amide bonds. The molecule has 0 radical (unpaired) electrons. The Balaban J connectivity index is 2.35. The Bertz CT molecular complexity index is 491. The van der Waals surface area contributed by atoms with E-state index in [0.717, 1.165) is 6.20 Å². The first kappa shape index (κ1) is 9.13. The van der Waals surface area contributed by atoms with Crippen LogP contribution in [0.5, 0.6) is 5.95 Å². The number of hydrogen-bond acceptors (Lipinski definition) is 5. The second-order valence-corrected chi connectivity index (χ2v) is 2.74. The fourth-order valence-electron chi connectivity index (χ4n) is 1.08. The number of aromatic nitrogens is 2. The Kier molecular flexibility index (Phi) is 2.05. The Morgan fingerprint density at radius 2 is 2.00 bits per heavy atom. The molecule has 0 unspecified atom stereocenters. The average Bonchev–Trinajstić information content (AvgIpc) is 2.65. The van der Waals surface area contributed by atoms with E-state index in [1.165, 1.54) is 28.9 Å². The van der Waals surface area contributed by atoms with Gasteiger partial charge >= 0.3 is 0 Å². The van der Waals surface area contributed by atoms with E-state index in [-0.39, 0.29) is 5.69 Å². The number of nitrogens with zero attached hydrogens (tertiary/aromatic N) is 3. The largest absolute Gasteiger partial charge is 0.539 e. The number of non-ortho nitro benzene ring substituents is 1. The molecule has 2 aromatic rings. The number of rotatable bonds is 2. The van der Waals surface area contributed by atoms with Crippen LogP contribution in [-0.2, 0) is 0 Å². The highest BCUT2D eigenvalue weighted by molar-refractivity contribution is 5.35. The molecule has 0 aliphatic rings. The molecule has 0 fully saturated rings. The van der Waals surface area contributed by atoms with Crippen molar-refractivity contribution in [3.8, 4) is 11.6 Å². The molecule has 1 aromatic heterocycles. The van der Waals surface area contributed by atoms with Crippen molar-refractivity contribution in [2.24, 2.45) is 0 Å². The lowest BCUT2D eigenvalue weighted by atomic mass is 10.3. The summed E-state index contributed by atoms with van der Waals surface area (Å²) in [6.45, 7) is 0. The summed E-state index contributed by atoms with van der Waals surface area (Å²) < 4.78 is 5.52. The summed E-state index contributed by atoms with van der Waals surface area (Å²) in [7, 11) is 0. The van der Waals surface area contributed by atoms with Crippen LogP contribution in [0.2, 0.25) is 0 Å². The van der Waals surface area contributed by atoms with Gasteiger partial charge in [0.05, 0.1) is 10.2 Å².